The van der Waals surface area contributed by atoms with Crippen LogP contribution >= 0.6 is 0 Å². The number of halogens is 3. The summed E-state index contributed by atoms with van der Waals surface area (Å²) in [5.41, 5.74) is 4.39. The number of benzene rings is 2. The molecule has 15 heteroatoms. The van der Waals surface area contributed by atoms with Gasteiger partial charge in [-0.25, -0.2) is 0 Å². The number of methoxy groups -OCH3 is 1. The summed E-state index contributed by atoms with van der Waals surface area (Å²) in [5.74, 6) is -1.32. The van der Waals surface area contributed by atoms with Crippen LogP contribution in [0.5, 0.6) is 28.7 Å². The standard InChI is InChI=1S/C34H38F3N5O7/c1-7-8-47-29-16(3)30-31(49-14-48-30)25-19(29)11-21-26-24-18(9-15(2)28(46-6)27(24)43)10-20(41(26)5)22(12-38)42(21)23(25)13-39-32(44)17(4)40-33(45)34(35,36)37/h7,9,17,20-23,26,43H,1,8,10-11,13-14H2,2-6H3,(H,39,44)(H,40,45)/t17-,20+,21?,22?,23-,26+/m0/s1. The fourth-order valence-corrected chi connectivity index (χ4v) is 8.06. The normalized spacial score (nSPS) is 24.4. The van der Waals surface area contributed by atoms with E-state index >= 15 is 0 Å². The molecule has 0 saturated carbocycles. The molecule has 2 aromatic carbocycles. The third-order valence-electron chi connectivity index (χ3n) is 10.1. The summed E-state index contributed by atoms with van der Waals surface area (Å²) < 4.78 is 62.6. The molecule has 49 heavy (non-hydrogen) atoms. The maximum absolute atomic E-state index is 13.2. The first-order valence-corrected chi connectivity index (χ1v) is 15.9. The number of fused-ring (bicyclic) bond motifs is 9. The Morgan fingerprint density at radius 1 is 1.20 bits per heavy atom. The van der Waals surface area contributed by atoms with Crippen LogP contribution in [0.15, 0.2) is 18.7 Å². The summed E-state index contributed by atoms with van der Waals surface area (Å²) in [5, 5.41) is 26.9. The van der Waals surface area contributed by atoms with E-state index in [-0.39, 0.29) is 31.7 Å². The number of phenolic OH excluding ortho intramolecular Hbond substituents is 1. The highest BCUT2D eigenvalue weighted by molar-refractivity contribution is 5.89. The van der Waals surface area contributed by atoms with Gasteiger partial charge in [-0.15, -0.1) is 0 Å². The van der Waals surface area contributed by atoms with Gasteiger partial charge >= 0.3 is 12.1 Å². The second-order valence-corrected chi connectivity index (χ2v) is 12.8. The van der Waals surface area contributed by atoms with Crippen molar-refractivity contribution in [3.05, 3.63) is 52.1 Å². The van der Waals surface area contributed by atoms with Gasteiger partial charge in [0.2, 0.25) is 12.7 Å². The zero-order valence-electron chi connectivity index (χ0n) is 27.7. The van der Waals surface area contributed by atoms with Crippen LogP contribution in [0.2, 0.25) is 0 Å². The molecule has 0 aliphatic carbocycles. The number of piperazine rings is 1. The third-order valence-corrected chi connectivity index (χ3v) is 10.1. The minimum absolute atomic E-state index is 0.0121. The average molecular weight is 686 g/mol. The molecular formula is C34H38F3N5O7. The molecule has 1 fully saturated rings. The second kappa shape index (κ2) is 12.6. The smallest absolute Gasteiger partial charge is 0.471 e. The number of hydrogen-bond acceptors (Lipinski definition) is 10. The van der Waals surface area contributed by atoms with Crippen molar-refractivity contribution in [2.75, 3.05) is 34.1 Å². The number of aromatic hydroxyl groups is 1. The van der Waals surface area contributed by atoms with Crippen LogP contribution < -0.4 is 29.6 Å². The number of amides is 2. The van der Waals surface area contributed by atoms with E-state index in [2.05, 4.69) is 22.9 Å². The van der Waals surface area contributed by atoms with Gasteiger partial charge in [-0.3, -0.25) is 19.4 Å². The highest BCUT2D eigenvalue weighted by Gasteiger charge is 2.57. The molecule has 6 atom stereocenters. The van der Waals surface area contributed by atoms with Crippen molar-refractivity contribution >= 4 is 11.8 Å². The number of phenols is 1. The monoisotopic (exact) mass is 685 g/mol. The summed E-state index contributed by atoms with van der Waals surface area (Å²) in [4.78, 5) is 28.9. The van der Waals surface area contributed by atoms with Gasteiger partial charge in [0.05, 0.1) is 25.3 Å². The number of carbonyl (C=O) groups excluding carboxylic acids is 2. The van der Waals surface area contributed by atoms with Gasteiger partial charge in [-0.05, 0) is 51.8 Å². The molecule has 0 aromatic heterocycles. The molecular weight excluding hydrogens is 647 g/mol. The van der Waals surface area contributed by atoms with Gasteiger partial charge in [-0.1, -0.05) is 18.7 Å². The van der Waals surface area contributed by atoms with Gasteiger partial charge in [0.1, 0.15) is 24.4 Å². The molecule has 6 rings (SSSR count). The zero-order valence-corrected chi connectivity index (χ0v) is 27.7. The molecule has 2 amide bonds. The van der Waals surface area contributed by atoms with E-state index in [1.807, 2.05) is 31.9 Å². The van der Waals surface area contributed by atoms with E-state index in [9.17, 15) is 33.1 Å². The van der Waals surface area contributed by atoms with Crippen LogP contribution in [0, 0.1) is 25.2 Å². The van der Waals surface area contributed by atoms with Crippen LogP contribution in [-0.4, -0.2) is 91.2 Å². The van der Waals surface area contributed by atoms with Crippen molar-refractivity contribution in [3.8, 4) is 34.8 Å². The van der Waals surface area contributed by atoms with E-state index in [0.29, 0.717) is 52.5 Å². The first-order chi connectivity index (χ1) is 23.2. The summed E-state index contributed by atoms with van der Waals surface area (Å²) in [6.07, 6.45) is -2.78. The lowest BCUT2D eigenvalue weighted by Gasteiger charge is -2.60. The quantitative estimate of drug-likeness (QED) is 0.354. The van der Waals surface area contributed by atoms with Gasteiger partial charge < -0.3 is 34.7 Å². The Balaban J connectivity index is 1.51. The predicted molar refractivity (Wildman–Crippen MR) is 169 cm³/mol. The third kappa shape index (κ3) is 5.47. The minimum Gasteiger partial charge on any atom is -0.504 e. The molecule has 2 unspecified atom stereocenters. The van der Waals surface area contributed by atoms with Gasteiger partial charge in [-0.2, -0.15) is 18.4 Å². The van der Waals surface area contributed by atoms with Crippen LogP contribution in [0.1, 0.15) is 52.4 Å². The number of likely N-dealkylation sites (N-methyl/N-ethyl adjacent to an activating group) is 1. The summed E-state index contributed by atoms with van der Waals surface area (Å²) >= 11 is 0. The van der Waals surface area contributed by atoms with Crippen molar-refractivity contribution in [1.82, 2.24) is 20.4 Å². The van der Waals surface area contributed by atoms with Gasteiger partial charge in [0, 0.05) is 40.9 Å². The predicted octanol–water partition coefficient (Wildman–Crippen LogP) is 3.27. The molecule has 2 bridgehead atoms. The molecule has 2 aromatic rings. The number of hydrogen-bond donors (Lipinski definition) is 3. The Hall–Kier alpha value is -4.68. The van der Waals surface area contributed by atoms with E-state index in [4.69, 9.17) is 18.9 Å². The van der Waals surface area contributed by atoms with E-state index in [1.165, 1.54) is 7.11 Å². The Labute approximate surface area is 281 Å². The van der Waals surface area contributed by atoms with Gasteiger partial charge in [0.15, 0.2) is 23.0 Å². The molecule has 3 N–H and O–H groups in total. The van der Waals surface area contributed by atoms with Crippen molar-refractivity contribution in [1.29, 1.82) is 5.26 Å². The molecule has 4 aliphatic rings. The number of nitrogens with zero attached hydrogens (tertiary/aromatic N) is 3. The number of aryl methyl sites for hydroxylation is 1. The summed E-state index contributed by atoms with van der Waals surface area (Å²) in [6.45, 7) is 8.57. The van der Waals surface area contributed by atoms with E-state index in [0.717, 1.165) is 23.6 Å². The molecule has 12 nitrogen and oxygen atoms in total. The minimum atomic E-state index is -5.16. The highest BCUT2D eigenvalue weighted by atomic mass is 19.4. The maximum Gasteiger partial charge on any atom is 0.471 e. The van der Waals surface area contributed by atoms with Crippen LogP contribution in [0.4, 0.5) is 13.2 Å². The number of rotatable bonds is 8. The fraction of sp³-hybridized carbons (Fsp3) is 0.500. The van der Waals surface area contributed by atoms with Crippen LogP contribution in [0.25, 0.3) is 0 Å². The van der Waals surface area contributed by atoms with Gasteiger partial charge in [0.25, 0.3) is 0 Å². The number of carbonyl (C=O) groups is 2. The first kappa shape index (κ1) is 34.2. The molecule has 4 heterocycles. The maximum atomic E-state index is 13.2. The zero-order chi connectivity index (χ0) is 35.5. The number of ether oxygens (including phenoxy) is 4. The second-order valence-electron chi connectivity index (χ2n) is 12.8. The first-order valence-electron chi connectivity index (χ1n) is 15.9. The molecule has 0 spiro atoms. The number of nitrogens with one attached hydrogen (secondary N) is 2. The van der Waals surface area contributed by atoms with Crippen molar-refractivity contribution in [2.45, 2.75) is 76.0 Å². The molecule has 1 saturated heterocycles. The van der Waals surface area contributed by atoms with Crippen LogP contribution in [-0.2, 0) is 22.4 Å². The Morgan fingerprint density at radius 2 is 1.92 bits per heavy atom. The number of alkyl halides is 3. The highest BCUT2D eigenvalue weighted by Crippen LogP contribution is 2.58. The Bertz CT molecular complexity index is 1760. The molecule has 4 aliphatic heterocycles. The average Bonchev–Trinajstić information content (AvgIpc) is 3.54. The lowest BCUT2D eigenvalue weighted by Crippen LogP contribution is -2.69. The van der Waals surface area contributed by atoms with E-state index < -0.39 is 48.2 Å². The lowest BCUT2D eigenvalue weighted by molar-refractivity contribution is -0.174. The van der Waals surface area contributed by atoms with Crippen molar-refractivity contribution < 1.29 is 46.8 Å². The SMILES string of the molecule is C=CCOc1c(C)c2c(c3c1CC1[C@@H]4c5c(cc(C)c(OC)c5O)C[C@H](C(C#N)N1[C@H]3CNC(=O)[C@H](C)NC(=O)C(F)(F)F)N4C)OCO2. The van der Waals surface area contributed by atoms with E-state index in [1.54, 1.807) is 11.4 Å². The van der Waals surface area contributed by atoms with Crippen LogP contribution in [0.3, 0.4) is 0 Å². The lowest BCUT2D eigenvalue weighted by atomic mass is 9.71. The summed E-state index contributed by atoms with van der Waals surface area (Å²) in [7, 11) is 3.41. The topological polar surface area (TPSA) is 146 Å². The Kier molecular flexibility index (Phi) is 8.83. The fourth-order valence-electron chi connectivity index (χ4n) is 8.06. The number of nitriles is 1. The largest absolute Gasteiger partial charge is 0.504 e. The van der Waals surface area contributed by atoms with Crippen molar-refractivity contribution in [3.63, 3.8) is 0 Å². The summed E-state index contributed by atoms with van der Waals surface area (Å²) in [6, 6.07) is 0.246. The molecule has 0 radical (unpaired) electrons. The Morgan fingerprint density at radius 3 is 2.57 bits per heavy atom. The molecule has 262 valence electrons. The van der Waals surface area contributed by atoms with Crippen molar-refractivity contribution in [2.24, 2.45) is 0 Å².